The molecule has 66 valence electrons. The summed E-state index contributed by atoms with van der Waals surface area (Å²) in [5.74, 6) is 0. The van der Waals surface area contributed by atoms with Gasteiger partial charge < -0.3 is 10.5 Å². The normalized spacial score (nSPS) is 10.2. The van der Waals surface area contributed by atoms with Crippen LogP contribution in [0.25, 0.3) is 10.2 Å². The molecule has 0 fully saturated rings. The molecule has 5 heteroatoms. The first-order chi connectivity index (χ1) is 6.25. The molecule has 1 aromatic heterocycles. The summed E-state index contributed by atoms with van der Waals surface area (Å²) in [7, 11) is 0. The Morgan fingerprint density at radius 3 is 2.92 bits per heavy atom. The summed E-state index contributed by atoms with van der Waals surface area (Å²) in [5, 5.41) is 0.493. The van der Waals surface area contributed by atoms with Crippen LogP contribution in [0.5, 0.6) is 5.19 Å². The zero-order chi connectivity index (χ0) is 9.26. The zero-order valence-corrected chi connectivity index (χ0v) is 8.19. The summed E-state index contributed by atoms with van der Waals surface area (Å²) in [4.78, 5) is 4.18. The molecule has 3 nitrogen and oxygen atoms in total. The number of para-hydroxylation sites is 1. The minimum Gasteiger partial charge on any atom is -0.404 e. The summed E-state index contributed by atoms with van der Waals surface area (Å²) in [6.07, 6.45) is 0. The molecule has 0 spiro atoms. The van der Waals surface area contributed by atoms with E-state index < -0.39 is 0 Å². The number of ether oxygens (including phenoxy) is 1. The average molecular weight is 210 g/mol. The number of rotatable bonds is 1. The van der Waals surface area contributed by atoms with Crippen LogP contribution in [0.4, 0.5) is 0 Å². The number of hydrogen-bond acceptors (Lipinski definition) is 4. The number of nitrogens with zero attached hydrogens (tertiary/aromatic N) is 1. The van der Waals surface area contributed by atoms with Crippen LogP contribution in [0, 0.1) is 0 Å². The highest BCUT2D eigenvalue weighted by atomic mass is 32.1. The number of thiazole rings is 1. The van der Waals surface area contributed by atoms with Crippen molar-refractivity contribution in [3.63, 3.8) is 0 Å². The number of aromatic nitrogens is 1. The lowest BCUT2D eigenvalue weighted by Gasteiger charge is -1.93. The van der Waals surface area contributed by atoms with Gasteiger partial charge in [-0.3, -0.25) is 0 Å². The van der Waals surface area contributed by atoms with Crippen molar-refractivity contribution in [1.82, 2.24) is 4.98 Å². The van der Waals surface area contributed by atoms with Gasteiger partial charge in [0.2, 0.25) is 0 Å². The fourth-order valence-electron chi connectivity index (χ4n) is 0.981. The standard InChI is InChI=1S/C8H6N2OS2/c9-7(12)11-8-10-5-3-1-2-4-6(5)13-8/h1-4H,(H2,9,12). The second kappa shape index (κ2) is 3.27. The smallest absolute Gasteiger partial charge is 0.281 e. The lowest BCUT2D eigenvalue weighted by molar-refractivity contribution is 0.554. The molecule has 1 heterocycles. The Morgan fingerprint density at radius 2 is 2.23 bits per heavy atom. The van der Waals surface area contributed by atoms with Gasteiger partial charge in [-0.2, -0.15) is 0 Å². The molecule has 0 unspecified atom stereocenters. The van der Waals surface area contributed by atoms with Crippen LogP contribution in [0.2, 0.25) is 0 Å². The molecule has 0 amide bonds. The van der Waals surface area contributed by atoms with Crippen LogP contribution in [0.3, 0.4) is 0 Å². The largest absolute Gasteiger partial charge is 0.404 e. The van der Waals surface area contributed by atoms with Crippen molar-refractivity contribution in [2.24, 2.45) is 5.73 Å². The summed E-state index contributed by atoms with van der Waals surface area (Å²) >= 11 is 6.03. The highest BCUT2D eigenvalue weighted by Crippen LogP contribution is 2.26. The minimum absolute atomic E-state index is 0.000874. The summed E-state index contributed by atoms with van der Waals surface area (Å²) in [6, 6.07) is 7.76. The van der Waals surface area contributed by atoms with E-state index in [-0.39, 0.29) is 5.17 Å². The molecular weight excluding hydrogens is 204 g/mol. The van der Waals surface area contributed by atoms with E-state index in [0.29, 0.717) is 5.19 Å². The maximum absolute atomic E-state index is 5.22. The van der Waals surface area contributed by atoms with Gasteiger partial charge in [-0.25, -0.2) is 4.98 Å². The van der Waals surface area contributed by atoms with Gasteiger partial charge in [0, 0.05) is 0 Å². The van der Waals surface area contributed by atoms with Crippen LogP contribution in [0.1, 0.15) is 0 Å². The Hall–Kier alpha value is -1.20. The number of thiocarbonyl (C=S) groups is 1. The highest BCUT2D eigenvalue weighted by Gasteiger charge is 2.04. The quantitative estimate of drug-likeness (QED) is 0.730. The predicted octanol–water partition coefficient (Wildman–Crippen LogP) is 1.92. The van der Waals surface area contributed by atoms with E-state index >= 15 is 0 Å². The van der Waals surface area contributed by atoms with Crippen molar-refractivity contribution in [2.45, 2.75) is 0 Å². The molecular formula is C8H6N2OS2. The summed E-state index contributed by atoms with van der Waals surface area (Å²) in [5.41, 5.74) is 6.12. The van der Waals surface area contributed by atoms with Crippen LogP contribution >= 0.6 is 23.6 Å². The van der Waals surface area contributed by atoms with Gasteiger partial charge in [-0.05, 0) is 24.4 Å². The van der Waals surface area contributed by atoms with Crippen LogP contribution in [-0.4, -0.2) is 10.2 Å². The van der Waals surface area contributed by atoms with E-state index in [1.54, 1.807) is 0 Å². The van der Waals surface area contributed by atoms with Gasteiger partial charge in [0.15, 0.2) is 0 Å². The van der Waals surface area contributed by atoms with Gasteiger partial charge in [0.1, 0.15) is 0 Å². The molecule has 13 heavy (non-hydrogen) atoms. The molecule has 0 saturated heterocycles. The zero-order valence-electron chi connectivity index (χ0n) is 6.56. The molecule has 2 aromatic rings. The third-order valence-electron chi connectivity index (χ3n) is 1.46. The predicted molar refractivity (Wildman–Crippen MR) is 57.0 cm³/mol. The Balaban J connectivity index is 2.44. The Kier molecular flexibility index (Phi) is 2.12. The molecule has 0 bridgehead atoms. The fourth-order valence-corrected chi connectivity index (χ4v) is 1.94. The topological polar surface area (TPSA) is 48.1 Å². The van der Waals surface area contributed by atoms with Crippen molar-refractivity contribution in [3.05, 3.63) is 24.3 Å². The monoisotopic (exact) mass is 210 g/mol. The maximum Gasteiger partial charge on any atom is 0.281 e. The van der Waals surface area contributed by atoms with E-state index in [1.807, 2.05) is 24.3 Å². The molecule has 1 aromatic carbocycles. The van der Waals surface area contributed by atoms with Crippen molar-refractivity contribution < 1.29 is 4.74 Å². The molecule has 2 N–H and O–H groups in total. The maximum atomic E-state index is 5.22. The fraction of sp³-hybridized carbons (Fsp3) is 0. The Bertz CT molecular complexity index is 419. The minimum atomic E-state index is -0.000874. The Morgan fingerprint density at radius 1 is 1.46 bits per heavy atom. The van der Waals surface area contributed by atoms with E-state index in [4.69, 9.17) is 10.5 Å². The summed E-state index contributed by atoms with van der Waals surface area (Å²) in [6.45, 7) is 0. The SMILES string of the molecule is NC(=S)Oc1nc2ccccc2s1. The molecule has 0 radical (unpaired) electrons. The van der Waals surface area contributed by atoms with E-state index in [2.05, 4.69) is 17.2 Å². The third-order valence-corrected chi connectivity index (χ3v) is 2.46. The first kappa shape index (κ1) is 8.40. The van der Waals surface area contributed by atoms with Crippen LogP contribution < -0.4 is 10.5 Å². The van der Waals surface area contributed by atoms with Crippen molar-refractivity contribution >= 4 is 38.9 Å². The second-order valence-corrected chi connectivity index (χ2v) is 3.76. The molecule has 0 aliphatic carbocycles. The van der Waals surface area contributed by atoms with Crippen LogP contribution in [-0.2, 0) is 0 Å². The second-order valence-electron chi connectivity index (χ2n) is 2.37. The molecule has 2 rings (SSSR count). The van der Waals surface area contributed by atoms with Gasteiger partial charge in [0.25, 0.3) is 10.4 Å². The summed E-state index contributed by atoms with van der Waals surface area (Å²) < 4.78 is 6.08. The van der Waals surface area contributed by atoms with Crippen molar-refractivity contribution in [1.29, 1.82) is 0 Å². The van der Waals surface area contributed by atoms with Gasteiger partial charge in [0.05, 0.1) is 10.2 Å². The van der Waals surface area contributed by atoms with Crippen molar-refractivity contribution in [2.75, 3.05) is 0 Å². The molecule has 0 saturated carbocycles. The first-order valence-electron chi connectivity index (χ1n) is 3.58. The number of benzene rings is 1. The number of fused-ring (bicyclic) bond motifs is 1. The first-order valence-corrected chi connectivity index (χ1v) is 4.81. The molecule has 0 atom stereocenters. The lowest BCUT2D eigenvalue weighted by atomic mass is 10.3. The lowest BCUT2D eigenvalue weighted by Crippen LogP contribution is -2.15. The third kappa shape index (κ3) is 1.76. The molecule has 0 aliphatic heterocycles. The average Bonchev–Trinajstić information content (AvgIpc) is 2.44. The van der Waals surface area contributed by atoms with Gasteiger partial charge in [-0.1, -0.05) is 23.5 Å². The van der Waals surface area contributed by atoms with E-state index in [0.717, 1.165) is 10.2 Å². The highest BCUT2D eigenvalue weighted by molar-refractivity contribution is 7.80. The van der Waals surface area contributed by atoms with E-state index in [9.17, 15) is 0 Å². The number of hydrogen-bond donors (Lipinski definition) is 1. The number of nitrogens with two attached hydrogens (primary N) is 1. The van der Waals surface area contributed by atoms with Gasteiger partial charge >= 0.3 is 0 Å². The van der Waals surface area contributed by atoms with Crippen molar-refractivity contribution in [3.8, 4) is 5.19 Å². The van der Waals surface area contributed by atoms with Gasteiger partial charge in [-0.15, -0.1) is 0 Å². The van der Waals surface area contributed by atoms with Crippen LogP contribution in [0.15, 0.2) is 24.3 Å². The molecule has 0 aliphatic rings. The van der Waals surface area contributed by atoms with E-state index in [1.165, 1.54) is 11.3 Å². The Labute approximate surface area is 84.2 Å².